The third-order valence-electron chi connectivity index (χ3n) is 1.78. The van der Waals surface area contributed by atoms with Crippen molar-refractivity contribution in [1.82, 2.24) is 10.1 Å². The molecule has 5 nitrogen and oxygen atoms in total. The summed E-state index contributed by atoms with van der Waals surface area (Å²) in [5.74, 6) is -0.887. The van der Waals surface area contributed by atoms with Crippen LogP contribution in [0.1, 0.15) is 49.1 Å². The molecule has 1 heterocycles. The van der Waals surface area contributed by atoms with Gasteiger partial charge in [-0.3, -0.25) is 0 Å². The molecule has 0 radical (unpaired) electrons. The van der Waals surface area contributed by atoms with Gasteiger partial charge in [0.05, 0.1) is 0 Å². The molecule has 0 spiro atoms. The zero-order valence-electron chi connectivity index (χ0n) is 7.65. The minimum absolute atomic E-state index is 0.130. The van der Waals surface area contributed by atoms with Crippen molar-refractivity contribution >= 4 is 5.97 Å². The van der Waals surface area contributed by atoms with E-state index in [0.717, 1.165) is 12.8 Å². The van der Waals surface area contributed by atoms with Crippen molar-refractivity contribution in [3.63, 3.8) is 0 Å². The summed E-state index contributed by atoms with van der Waals surface area (Å²) in [6.07, 6.45) is 1.92. The number of nitrogens with zero attached hydrogens (tertiary/aromatic N) is 2. The van der Waals surface area contributed by atoms with Crippen molar-refractivity contribution in [1.29, 1.82) is 0 Å². The van der Waals surface area contributed by atoms with Crippen LogP contribution in [0.2, 0.25) is 0 Å². The molecule has 1 aromatic rings. The Morgan fingerprint density at radius 3 is 2.85 bits per heavy atom. The van der Waals surface area contributed by atoms with E-state index in [9.17, 15) is 4.79 Å². The maximum absolute atomic E-state index is 10.4. The predicted octanol–water partition coefficient (Wildman–Crippen LogP) is 1.67. The number of carboxylic acids is 1. The summed E-state index contributed by atoms with van der Waals surface area (Å²) in [6.45, 7) is 3.98. The molecule has 0 amide bonds. The molecule has 1 atom stereocenters. The maximum Gasteiger partial charge on any atom is 0.377 e. The van der Waals surface area contributed by atoms with E-state index in [2.05, 4.69) is 10.1 Å². The monoisotopic (exact) mass is 184 g/mol. The second-order valence-electron chi connectivity index (χ2n) is 2.95. The molecule has 0 bridgehead atoms. The number of rotatable bonds is 4. The minimum Gasteiger partial charge on any atom is -0.475 e. The fourth-order valence-corrected chi connectivity index (χ4v) is 1.08. The molecule has 0 fully saturated rings. The molecule has 5 heteroatoms. The van der Waals surface area contributed by atoms with E-state index in [-0.39, 0.29) is 11.7 Å². The zero-order valence-corrected chi connectivity index (χ0v) is 7.65. The van der Waals surface area contributed by atoms with E-state index in [1.807, 2.05) is 13.8 Å². The molecular formula is C8H12N2O3. The van der Waals surface area contributed by atoms with Crippen molar-refractivity contribution in [2.75, 3.05) is 0 Å². The third-order valence-corrected chi connectivity index (χ3v) is 1.78. The lowest BCUT2D eigenvalue weighted by molar-refractivity contribution is 0.0680. The van der Waals surface area contributed by atoms with Gasteiger partial charge in [0.1, 0.15) is 0 Å². The van der Waals surface area contributed by atoms with E-state index < -0.39 is 5.97 Å². The average Bonchev–Trinajstić information content (AvgIpc) is 2.52. The molecule has 1 N–H and O–H groups in total. The van der Waals surface area contributed by atoms with E-state index in [4.69, 9.17) is 9.63 Å². The van der Waals surface area contributed by atoms with Gasteiger partial charge in [-0.1, -0.05) is 20.3 Å². The second kappa shape index (κ2) is 4.02. The van der Waals surface area contributed by atoms with Crippen molar-refractivity contribution in [2.45, 2.75) is 32.6 Å². The highest BCUT2D eigenvalue weighted by Crippen LogP contribution is 2.17. The van der Waals surface area contributed by atoms with Crippen LogP contribution < -0.4 is 0 Å². The Balaban J connectivity index is 2.73. The van der Waals surface area contributed by atoms with Crippen molar-refractivity contribution in [3.8, 4) is 0 Å². The topological polar surface area (TPSA) is 76.2 Å². The Labute approximate surface area is 75.8 Å². The summed E-state index contributed by atoms with van der Waals surface area (Å²) in [4.78, 5) is 14.2. The Bertz CT molecular complexity index is 295. The van der Waals surface area contributed by atoms with Crippen LogP contribution in [0.15, 0.2) is 4.52 Å². The van der Waals surface area contributed by atoms with Gasteiger partial charge in [-0.25, -0.2) is 4.79 Å². The highest BCUT2D eigenvalue weighted by atomic mass is 16.5. The fourth-order valence-electron chi connectivity index (χ4n) is 1.08. The Hall–Kier alpha value is -1.39. The third kappa shape index (κ3) is 2.27. The van der Waals surface area contributed by atoms with Gasteiger partial charge in [-0.15, -0.1) is 0 Å². The predicted molar refractivity (Wildman–Crippen MR) is 44.6 cm³/mol. The van der Waals surface area contributed by atoms with Crippen LogP contribution in [0.4, 0.5) is 0 Å². The Morgan fingerprint density at radius 1 is 1.69 bits per heavy atom. The molecular weight excluding hydrogens is 172 g/mol. The van der Waals surface area contributed by atoms with Gasteiger partial charge in [0, 0.05) is 5.92 Å². The van der Waals surface area contributed by atoms with Crippen LogP contribution in [-0.2, 0) is 0 Å². The first-order valence-corrected chi connectivity index (χ1v) is 4.22. The minimum atomic E-state index is -1.15. The molecule has 0 aliphatic carbocycles. The molecule has 0 aromatic carbocycles. The first kappa shape index (κ1) is 9.70. The number of aromatic nitrogens is 2. The number of hydrogen-bond donors (Lipinski definition) is 1. The van der Waals surface area contributed by atoms with Crippen LogP contribution in [0.3, 0.4) is 0 Å². The van der Waals surface area contributed by atoms with Crippen LogP contribution in [-0.4, -0.2) is 21.2 Å². The van der Waals surface area contributed by atoms with Crippen LogP contribution in [0, 0.1) is 0 Å². The van der Waals surface area contributed by atoms with Gasteiger partial charge in [-0.05, 0) is 11.6 Å². The van der Waals surface area contributed by atoms with Crippen molar-refractivity contribution in [2.24, 2.45) is 0 Å². The van der Waals surface area contributed by atoms with Crippen LogP contribution in [0.5, 0.6) is 0 Å². The van der Waals surface area contributed by atoms with E-state index >= 15 is 0 Å². The number of aromatic carboxylic acids is 1. The molecule has 0 saturated carbocycles. The van der Waals surface area contributed by atoms with Gasteiger partial charge < -0.3 is 9.63 Å². The first-order chi connectivity index (χ1) is 6.15. The van der Waals surface area contributed by atoms with Crippen LogP contribution in [0.25, 0.3) is 0 Å². The zero-order chi connectivity index (χ0) is 9.84. The molecule has 0 saturated heterocycles. The van der Waals surface area contributed by atoms with E-state index in [1.165, 1.54) is 0 Å². The normalized spacial score (nSPS) is 12.8. The molecule has 1 rings (SSSR count). The maximum atomic E-state index is 10.4. The van der Waals surface area contributed by atoms with Gasteiger partial charge in [0.2, 0.25) is 5.89 Å². The van der Waals surface area contributed by atoms with Crippen molar-refractivity contribution < 1.29 is 14.4 Å². The molecule has 0 aliphatic rings. The lowest BCUT2D eigenvalue weighted by atomic mass is 10.1. The summed E-state index contributed by atoms with van der Waals surface area (Å²) in [5.41, 5.74) is 0. The summed E-state index contributed by atoms with van der Waals surface area (Å²) in [7, 11) is 0. The van der Waals surface area contributed by atoms with E-state index in [0.29, 0.717) is 5.89 Å². The van der Waals surface area contributed by atoms with Gasteiger partial charge in [0.15, 0.2) is 0 Å². The summed E-state index contributed by atoms with van der Waals surface area (Å²) in [5, 5.41) is 11.9. The highest BCUT2D eigenvalue weighted by molar-refractivity contribution is 5.82. The molecule has 1 unspecified atom stereocenters. The standard InChI is InChI=1S/C8H12N2O3/c1-3-4-5(2)7-9-6(8(11)12)10-13-7/h5H,3-4H2,1-2H3,(H,11,12). The lowest BCUT2D eigenvalue weighted by Crippen LogP contribution is -2.00. The fraction of sp³-hybridized carbons (Fsp3) is 0.625. The molecule has 72 valence electrons. The molecule has 0 aliphatic heterocycles. The second-order valence-corrected chi connectivity index (χ2v) is 2.95. The first-order valence-electron chi connectivity index (χ1n) is 4.22. The van der Waals surface area contributed by atoms with Gasteiger partial charge in [-0.2, -0.15) is 4.98 Å². The van der Waals surface area contributed by atoms with Gasteiger partial charge >= 0.3 is 5.97 Å². The van der Waals surface area contributed by atoms with E-state index in [1.54, 1.807) is 0 Å². The molecule has 1 aromatic heterocycles. The summed E-state index contributed by atoms with van der Waals surface area (Å²) >= 11 is 0. The Kier molecular flexibility index (Phi) is 3.00. The van der Waals surface area contributed by atoms with Crippen LogP contribution >= 0.6 is 0 Å². The summed E-state index contributed by atoms with van der Waals surface area (Å²) < 4.78 is 4.80. The number of carboxylic acid groups (broad SMARTS) is 1. The number of carbonyl (C=O) groups is 1. The SMILES string of the molecule is CCCC(C)c1nc(C(=O)O)no1. The van der Waals surface area contributed by atoms with Crippen molar-refractivity contribution in [3.05, 3.63) is 11.7 Å². The van der Waals surface area contributed by atoms with Gasteiger partial charge in [0.25, 0.3) is 5.82 Å². The lowest BCUT2D eigenvalue weighted by Gasteiger charge is -2.01. The molecule has 13 heavy (non-hydrogen) atoms. The number of hydrogen-bond acceptors (Lipinski definition) is 4. The largest absolute Gasteiger partial charge is 0.475 e. The smallest absolute Gasteiger partial charge is 0.377 e. The quantitative estimate of drug-likeness (QED) is 0.770. The highest BCUT2D eigenvalue weighted by Gasteiger charge is 2.16. The average molecular weight is 184 g/mol. The summed E-state index contributed by atoms with van der Waals surface area (Å²) in [6, 6.07) is 0. The Morgan fingerprint density at radius 2 is 2.38 bits per heavy atom.